The van der Waals surface area contributed by atoms with E-state index in [4.69, 9.17) is 14.2 Å². The summed E-state index contributed by atoms with van der Waals surface area (Å²) < 4.78 is 17.0. The first-order chi connectivity index (χ1) is 26.4. The second-order valence-corrected chi connectivity index (χ2v) is 16.5. The van der Waals surface area contributed by atoms with E-state index in [-0.39, 0.29) is 60.3 Å². The zero-order valence-corrected chi connectivity index (χ0v) is 36.7. The van der Waals surface area contributed by atoms with Gasteiger partial charge in [0.25, 0.3) is 0 Å². The fourth-order valence-electron chi connectivity index (χ4n) is 8.05. The molecule has 1 heterocycles. The summed E-state index contributed by atoms with van der Waals surface area (Å²) in [6.07, 6.45) is 1.07. The number of methoxy groups -OCH3 is 3. The number of nitrogens with one attached hydrogen (secondary N) is 2. The van der Waals surface area contributed by atoms with E-state index in [0.29, 0.717) is 13.0 Å². The van der Waals surface area contributed by atoms with Gasteiger partial charge in [-0.05, 0) is 57.1 Å². The van der Waals surface area contributed by atoms with Crippen molar-refractivity contribution in [2.45, 2.75) is 143 Å². The molecule has 0 aromatic heterocycles. The molecular formula is C43H73N5O8. The Balaban J connectivity index is 2.30. The number of benzene rings is 1. The Hall–Kier alpha value is -3.55. The highest BCUT2D eigenvalue weighted by molar-refractivity contribution is 5.90. The topological polar surface area (TPSA) is 147 Å². The van der Waals surface area contributed by atoms with Crippen molar-refractivity contribution in [3.63, 3.8) is 0 Å². The summed E-state index contributed by atoms with van der Waals surface area (Å²) in [7, 11) is 8.04. The minimum absolute atomic E-state index is 0.00540. The predicted molar refractivity (Wildman–Crippen MR) is 219 cm³/mol. The molecule has 13 nitrogen and oxygen atoms in total. The minimum atomic E-state index is -0.891. The molecule has 0 aliphatic carbocycles. The number of rotatable bonds is 22. The van der Waals surface area contributed by atoms with Crippen LogP contribution in [-0.2, 0) is 44.6 Å². The molecule has 9 atom stereocenters. The van der Waals surface area contributed by atoms with Gasteiger partial charge in [-0.3, -0.25) is 24.1 Å². The molecule has 1 saturated heterocycles. The number of hydrogen-bond acceptors (Lipinski definition) is 9. The highest BCUT2D eigenvalue weighted by Crippen LogP contribution is 2.30. The monoisotopic (exact) mass is 788 g/mol. The fourth-order valence-corrected chi connectivity index (χ4v) is 8.05. The second kappa shape index (κ2) is 23.0. The third-order valence-electron chi connectivity index (χ3n) is 11.7. The Bertz CT molecular complexity index is 1410. The van der Waals surface area contributed by atoms with Crippen LogP contribution in [0.1, 0.15) is 93.6 Å². The average molecular weight is 788 g/mol. The van der Waals surface area contributed by atoms with Crippen LogP contribution < -0.4 is 10.6 Å². The summed E-state index contributed by atoms with van der Waals surface area (Å²) in [6, 6.07) is 6.58. The Labute approximate surface area is 336 Å². The smallest absolute Gasteiger partial charge is 0.328 e. The van der Waals surface area contributed by atoms with E-state index in [2.05, 4.69) is 10.6 Å². The zero-order chi connectivity index (χ0) is 42.4. The molecule has 13 heteroatoms. The molecule has 2 rings (SSSR count). The maximum absolute atomic E-state index is 14.4. The van der Waals surface area contributed by atoms with Gasteiger partial charge in [0, 0.05) is 40.3 Å². The summed E-state index contributed by atoms with van der Waals surface area (Å²) in [4.78, 5) is 74.2. The van der Waals surface area contributed by atoms with Crippen molar-refractivity contribution >= 4 is 29.6 Å². The lowest BCUT2D eigenvalue weighted by molar-refractivity contribution is -0.149. The molecule has 0 bridgehead atoms. The minimum Gasteiger partial charge on any atom is -0.467 e. The fraction of sp³-hybridized carbons (Fsp3) is 0.744. The molecule has 0 radical (unpaired) electrons. The van der Waals surface area contributed by atoms with Gasteiger partial charge in [-0.15, -0.1) is 0 Å². The number of nitrogens with zero attached hydrogens (tertiary/aromatic N) is 3. The van der Waals surface area contributed by atoms with E-state index in [1.807, 2.05) is 97.7 Å². The summed E-state index contributed by atoms with van der Waals surface area (Å²) in [6.45, 7) is 18.2. The molecule has 1 aromatic rings. The molecule has 318 valence electrons. The number of carbonyl (C=O) groups excluding carboxylic acids is 5. The van der Waals surface area contributed by atoms with Crippen molar-refractivity contribution in [2.24, 2.45) is 23.7 Å². The van der Waals surface area contributed by atoms with Crippen molar-refractivity contribution in [3.05, 3.63) is 35.9 Å². The highest BCUT2D eigenvalue weighted by Gasteiger charge is 2.43. The zero-order valence-electron chi connectivity index (χ0n) is 36.7. The first-order valence-electron chi connectivity index (χ1n) is 20.4. The standard InChI is InChI=1S/C43H73N5O8/c1-15-29(8)38(47(11)42(52)36(26(2)3)45-41(51)37(27(4)5)46(10)28(6)7)34(54-12)25-35(49)48-23-19-22-33(48)39(55-13)30(9)40(50)44-32(43(53)56-14)24-31-20-17-16-18-21-31/h16-18,20-21,26-30,32-34,36-39H,15,19,22-25H2,1-14H3,(H,44,50)(H,45,51)/t29-,30+,32-,33?,34+,36-,37-,38-,39+/m0/s1. The largest absolute Gasteiger partial charge is 0.467 e. The van der Waals surface area contributed by atoms with Crippen LogP contribution in [0.25, 0.3) is 0 Å². The van der Waals surface area contributed by atoms with E-state index in [0.717, 1.165) is 18.4 Å². The number of likely N-dealkylation sites (N-methyl/N-ethyl adjacent to an activating group) is 2. The van der Waals surface area contributed by atoms with Crippen LogP contribution in [-0.4, -0.2) is 135 Å². The summed E-state index contributed by atoms with van der Waals surface area (Å²) in [5, 5.41) is 5.95. The van der Waals surface area contributed by atoms with Gasteiger partial charge in [0.05, 0.1) is 49.8 Å². The summed E-state index contributed by atoms with van der Waals surface area (Å²) >= 11 is 0. The Morgan fingerprint density at radius 2 is 1.48 bits per heavy atom. The van der Waals surface area contributed by atoms with Gasteiger partial charge >= 0.3 is 5.97 Å². The van der Waals surface area contributed by atoms with Crippen molar-refractivity contribution < 1.29 is 38.2 Å². The third-order valence-corrected chi connectivity index (χ3v) is 11.7. The number of hydrogen-bond donors (Lipinski definition) is 2. The maximum Gasteiger partial charge on any atom is 0.328 e. The summed E-state index contributed by atoms with van der Waals surface area (Å²) in [5.74, 6) is -2.42. The molecule has 2 N–H and O–H groups in total. The van der Waals surface area contributed by atoms with Crippen LogP contribution in [0.15, 0.2) is 30.3 Å². The first-order valence-corrected chi connectivity index (χ1v) is 20.4. The molecule has 4 amide bonds. The van der Waals surface area contributed by atoms with Crippen LogP contribution in [0.2, 0.25) is 0 Å². The molecular weight excluding hydrogens is 714 g/mol. The molecule has 1 unspecified atom stereocenters. The Morgan fingerprint density at radius 1 is 0.857 bits per heavy atom. The number of ether oxygens (including phenoxy) is 3. The van der Waals surface area contributed by atoms with Crippen LogP contribution >= 0.6 is 0 Å². The van der Waals surface area contributed by atoms with E-state index in [9.17, 15) is 24.0 Å². The molecule has 56 heavy (non-hydrogen) atoms. The highest BCUT2D eigenvalue weighted by atomic mass is 16.5. The van der Waals surface area contributed by atoms with Gasteiger partial charge in [-0.2, -0.15) is 0 Å². The molecule has 1 aliphatic heterocycles. The van der Waals surface area contributed by atoms with Gasteiger partial charge < -0.3 is 34.6 Å². The SMILES string of the molecule is CC[C@H](C)[C@@H]([C@@H](CC(=O)N1CCCC1[C@H](OC)[C@@H](C)C(=O)N[C@@H](Cc1ccccc1)C(=O)OC)OC)N(C)C(=O)[C@@H](NC(=O)[C@H](C(C)C)N(C)C(C)C)C(C)C. The number of amides is 4. The van der Waals surface area contributed by atoms with Crippen LogP contribution in [0.4, 0.5) is 0 Å². The third kappa shape index (κ3) is 12.7. The van der Waals surface area contributed by atoms with Crippen LogP contribution in [0.5, 0.6) is 0 Å². The lowest BCUT2D eigenvalue weighted by Gasteiger charge is -2.41. The molecule has 1 aliphatic rings. The van der Waals surface area contributed by atoms with Crippen molar-refractivity contribution in [3.8, 4) is 0 Å². The van der Waals surface area contributed by atoms with Crippen molar-refractivity contribution in [1.82, 2.24) is 25.3 Å². The Morgan fingerprint density at radius 3 is 1.98 bits per heavy atom. The quantitative estimate of drug-likeness (QED) is 0.164. The Kier molecular flexibility index (Phi) is 20.0. The first kappa shape index (κ1) is 48.6. The van der Waals surface area contributed by atoms with E-state index in [1.54, 1.807) is 30.9 Å². The molecule has 1 aromatic carbocycles. The van der Waals surface area contributed by atoms with Crippen LogP contribution in [0, 0.1) is 23.7 Å². The lowest BCUT2D eigenvalue weighted by Crippen LogP contribution is -2.60. The van der Waals surface area contributed by atoms with Gasteiger partial charge in [0.15, 0.2) is 0 Å². The molecule has 0 spiro atoms. The van der Waals surface area contributed by atoms with Gasteiger partial charge in [-0.25, -0.2) is 4.79 Å². The summed E-state index contributed by atoms with van der Waals surface area (Å²) in [5.41, 5.74) is 0.876. The van der Waals surface area contributed by atoms with Gasteiger partial charge in [-0.1, -0.05) is 85.2 Å². The normalized spacial score (nSPS) is 18.9. The lowest BCUT2D eigenvalue weighted by atomic mass is 9.89. The average Bonchev–Trinajstić information content (AvgIpc) is 3.65. The molecule has 1 fully saturated rings. The van der Waals surface area contributed by atoms with E-state index in [1.165, 1.54) is 14.2 Å². The van der Waals surface area contributed by atoms with E-state index < -0.39 is 54.3 Å². The number of likely N-dealkylation sites (tertiary alicyclic amines) is 1. The number of esters is 1. The van der Waals surface area contributed by atoms with Crippen molar-refractivity contribution in [2.75, 3.05) is 42.0 Å². The number of carbonyl (C=O) groups is 5. The molecule has 0 saturated carbocycles. The predicted octanol–water partition coefficient (Wildman–Crippen LogP) is 4.31. The van der Waals surface area contributed by atoms with E-state index >= 15 is 0 Å². The van der Waals surface area contributed by atoms with Crippen molar-refractivity contribution in [1.29, 1.82) is 0 Å². The van der Waals surface area contributed by atoms with Gasteiger partial charge in [0.2, 0.25) is 23.6 Å². The van der Waals surface area contributed by atoms with Crippen LogP contribution in [0.3, 0.4) is 0 Å². The second-order valence-electron chi connectivity index (χ2n) is 16.5. The van der Waals surface area contributed by atoms with Gasteiger partial charge in [0.1, 0.15) is 12.1 Å². The maximum atomic E-state index is 14.4.